The number of hydrogen-bond donors (Lipinski definition) is 2. The molecular weight excluding hydrogens is 1110 g/mol. The summed E-state index contributed by atoms with van der Waals surface area (Å²) in [5.74, 6) is 2.84. The fraction of sp³-hybridized carbons (Fsp3) is 0. The van der Waals surface area contributed by atoms with Gasteiger partial charge in [0.1, 0.15) is 0 Å². The monoisotopic (exact) mass is 1140 g/mol. The third kappa shape index (κ3) is 13.9. The van der Waals surface area contributed by atoms with Crippen LogP contribution in [-0.4, -0.2) is 10.2 Å². The molecule has 0 unspecified atom stereocenters. The summed E-state index contributed by atoms with van der Waals surface area (Å²) < 4.78 is 18.8. The van der Waals surface area contributed by atoms with Crippen molar-refractivity contribution in [3.05, 3.63) is 91.2 Å². The molecule has 0 aromatic heterocycles. The molecule has 2 aromatic rings. The van der Waals surface area contributed by atoms with Crippen LogP contribution >= 0.6 is 0 Å². The molecule has 9 heteroatoms. The van der Waals surface area contributed by atoms with E-state index in [4.69, 9.17) is 10.2 Å². The maximum absolute atomic E-state index is 6.75. The van der Waals surface area contributed by atoms with E-state index in [2.05, 4.69) is 61.6 Å². The molecule has 0 saturated carbocycles. The minimum Gasteiger partial charge on any atom is -0.665 e. The van der Waals surface area contributed by atoms with Crippen LogP contribution in [0.2, 0.25) is 0 Å². The summed E-state index contributed by atoms with van der Waals surface area (Å²) >= 11 is 0. The zero-order valence-electron chi connectivity index (χ0n) is 15.5. The van der Waals surface area contributed by atoms with Gasteiger partial charge >= 0.3 is 0 Å². The largest absolute Gasteiger partial charge is 0.665 e. The van der Waals surface area contributed by atoms with E-state index in [-0.39, 0.29) is 0 Å². The van der Waals surface area contributed by atoms with Crippen LogP contribution in [0.5, 0.6) is 23.0 Å². The molecule has 0 heterocycles. The second-order valence-electron chi connectivity index (χ2n) is 3.52. The van der Waals surface area contributed by atoms with Crippen molar-refractivity contribution in [2.24, 2.45) is 0 Å². The molecule has 2 rings (SSSR count). The Bertz CT molecular complexity index is 402. The van der Waals surface area contributed by atoms with E-state index in [1.165, 1.54) is 0 Å². The van der Waals surface area contributed by atoms with E-state index in [9.17, 15) is 0 Å². The van der Waals surface area contributed by atoms with Crippen LogP contribution in [0.4, 0.5) is 0 Å². The van der Waals surface area contributed by atoms with Gasteiger partial charge in [0.25, 0.3) is 0 Å². The molecule has 0 fully saturated rings. The van der Waals surface area contributed by atoms with Crippen molar-refractivity contribution in [3.63, 3.8) is 0 Å². The van der Waals surface area contributed by atoms with E-state index in [0.29, 0.717) is 23.0 Å². The average molecular weight is 1140 g/mol. The van der Waals surface area contributed by atoms with Crippen LogP contribution in [-0.2, 0) is 0 Å². The standard InChI is InChI=1S/2C8H8O2.2CH3O.3Rf/c2*1-9-7-3-5-8(10-2)6-4-7;2*1-2;;;/h2*3-6H,1-2H2;2*2H,1H2;;;/q2*-2;2*-1;;;. The summed E-state index contributed by atoms with van der Waals surface area (Å²) in [5.41, 5.74) is 0. The molecule has 0 atom stereocenters. The van der Waals surface area contributed by atoms with Crippen LogP contribution in [0.1, 0.15) is 0 Å². The van der Waals surface area contributed by atoms with Gasteiger partial charge in [0.05, 0.1) is 23.0 Å². The van der Waals surface area contributed by atoms with Crippen LogP contribution in [0.3, 0.4) is 0 Å². The minimum absolute atomic E-state index is 0. The molecule has 0 spiro atoms. The molecule has 2 N–H and O–H groups in total. The average Bonchev–Trinajstić information content (AvgIpc) is 2.71. The Hall–Kier alpha value is -5.44. The fourth-order valence-electron chi connectivity index (χ4n) is 1.26. The van der Waals surface area contributed by atoms with Gasteiger partial charge in [-0.05, 0) is 48.5 Å². The molecule has 142 valence electrons. The van der Waals surface area contributed by atoms with E-state index in [0.717, 1.165) is 0 Å². The summed E-state index contributed by atoms with van der Waals surface area (Å²) in [6.07, 6.45) is 0. The first kappa shape index (κ1) is 33.2. The molecule has 0 saturated heterocycles. The van der Waals surface area contributed by atoms with E-state index in [1.807, 2.05) is 0 Å². The number of aliphatic hydroxyl groups excluding tert-OH is 2. The van der Waals surface area contributed by atoms with Gasteiger partial charge < -0.3 is 29.2 Å². The summed E-state index contributed by atoms with van der Waals surface area (Å²) in [5, 5.41) is 13.5. The summed E-state index contributed by atoms with van der Waals surface area (Å²) in [7, 11) is 17.5. The number of benzene rings is 2. The second-order valence-corrected chi connectivity index (χ2v) is 3.52. The Kier molecular flexibility index (Phi) is 28.1. The number of ether oxygens (including phenoxy) is 4. The van der Waals surface area contributed by atoms with Crippen molar-refractivity contribution < 1.29 is 29.2 Å². The maximum atomic E-state index is 6.75. The van der Waals surface area contributed by atoms with Gasteiger partial charge in [-0.25, -0.2) is 14.2 Å². The predicted octanol–water partition coefficient (Wildman–Crippen LogP) is 4.36. The Labute approximate surface area is 144 Å². The van der Waals surface area contributed by atoms with Crippen LogP contribution in [0, 0.1) is 42.7 Å². The minimum atomic E-state index is 0. The molecule has 0 bridgehead atoms. The molecule has 0 aliphatic carbocycles. The van der Waals surface area contributed by atoms with Crippen molar-refractivity contribution in [2.45, 2.75) is 0 Å². The second kappa shape index (κ2) is 22.8. The number of aliphatic hydroxyl groups is 2. The van der Waals surface area contributed by atoms with Crippen molar-refractivity contribution in [1.29, 1.82) is 0 Å². The first-order chi connectivity index (χ1) is 11.7. The third-order valence-electron chi connectivity index (χ3n) is 2.31. The zero-order chi connectivity index (χ0) is 18.8. The Balaban J connectivity index is -0.0000000921. The third-order valence-corrected chi connectivity index (χ3v) is 2.31. The molecule has 6 nitrogen and oxygen atoms in total. The summed E-state index contributed by atoms with van der Waals surface area (Å²) in [4.78, 5) is 0. The van der Waals surface area contributed by atoms with Gasteiger partial charge in [0.2, 0.25) is 0 Å². The van der Waals surface area contributed by atoms with E-state index in [1.54, 1.807) is 48.5 Å². The van der Waals surface area contributed by atoms with E-state index >= 15 is 0 Å². The van der Waals surface area contributed by atoms with Crippen molar-refractivity contribution in [3.8, 4) is 23.0 Å². The Morgan fingerprint density at radius 1 is 0.407 bits per heavy atom. The molecule has 0 radical (unpaired) electrons. The van der Waals surface area contributed by atoms with Crippen molar-refractivity contribution in [1.82, 2.24) is 0 Å². The Morgan fingerprint density at radius 2 is 0.519 bits per heavy atom. The molecule has 0 aliphatic rings. The quantitative estimate of drug-likeness (QED) is 0.445. The van der Waals surface area contributed by atoms with Crippen LogP contribution in [0.15, 0.2) is 48.5 Å². The Morgan fingerprint density at radius 3 is 0.593 bits per heavy atom. The van der Waals surface area contributed by atoms with Gasteiger partial charge in [0, 0.05) is 0 Å². The normalized spacial score (nSPS) is 7.11. The van der Waals surface area contributed by atoms with Crippen LogP contribution in [0.25, 0.3) is 0 Å². The molecule has 2 aromatic carbocycles. The SMILES string of the molecule is [CH2-]O.[CH2-]O.[CH2-]Oc1ccc(O[CH2-])cc1.[CH2-]Oc1ccc(O[CH2-])cc1.[Rf].[Rf].[Rf]. The van der Waals surface area contributed by atoms with E-state index < -0.39 is 0 Å². The zero-order valence-corrected chi connectivity index (χ0v) is 34.7. The molecule has 27 heavy (non-hydrogen) atoms. The van der Waals surface area contributed by atoms with Crippen molar-refractivity contribution >= 4 is 0 Å². The van der Waals surface area contributed by atoms with Gasteiger partial charge in [0.15, 0.2) is 0 Å². The predicted molar refractivity (Wildman–Crippen MR) is 91.4 cm³/mol. The topological polar surface area (TPSA) is 77.4 Å². The first-order valence-electron chi connectivity index (χ1n) is 6.25. The molecular formula is C18H22O6Rf3-6. The van der Waals surface area contributed by atoms with Gasteiger partial charge in [-0.1, -0.05) is 0 Å². The van der Waals surface area contributed by atoms with Gasteiger partial charge in [-0.15, -0.1) is 0 Å². The maximum Gasteiger partial charge on any atom is 0.0845 e. The van der Waals surface area contributed by atoms with Crippen molar-refractivity contribution in [2.75, 3.05) is 0 Å². The smallest absolute Gasteiger partial charge is 0.0845 e. The molecule has 0 aliphatic heterocycles. The molecule has 0 amide bonds. The van der Waals surface area contributed by atoms with Gasteiger partial charge in [-0.3, -0.25) is 0 Å². The number of rotatable bonds is 4. The van der Waals surface area contributed by atoms with Gasteiger partial charge in [-0.2, -0.15) is 28.4 Å². The first-order valence-corrected chi connectivity index (χ1v) is 6.25. The summed E-state index contributed by atoms with van der Waals surface area (Å²) in [6, 6.07) is 14.1. The summed E-state index contributed by atoms with van der Waals surface area (Å²) in [6.45, 7) is 0. The fourth-order valence-corrected chi connectivity index (χ4v) is 1.26. The van der Waals surface area contributed by atoms with Crippen LogP contribution < -0.4 is 18.9 Å². The number of hydrogen-bond acceptors (Lipinski definition) is 6.